The molecule has 1 aromatic heterocycles. The molecule has 124 valence electrons. The molecule has 0 fully saturated rings. The van der Waals surface area contributed by atoms with Gasteiger partial charge in [-0.1, -0.05) is 12.1 Å². The van der Waals surface area contributed by atoms with E-state index >= 15 is 0 Å². The molecule has 0 bridgehead atoms. The first-order valence-corrected chi connectivity index (χ1v) is 9.75. The van der Waals surface area contributed by atoms with Crippen LogP contribution < -0.4 is 5.32 Å². The van der Waals surface area contributed by atoms with E-state index in [1.807, 2.05) is 12.4 Å². The van der Waals surface area contributed by atoms with Crippen molar-refractivity contribution >= 4 is 29.1 Å². The van der Waals surface area contributed by atoms with Crippen molar-refractivity contribution in [3.8, 4) is 0 Å². The highest BCUT2D eigenvalue weighted by Gasteiger charge is 2.08. The predicted molar refractivity (Wildman–Crippen MR) is 101 cm³/mol. The summed E-state index contributed by atoms with van der Waals surface area (Å²) in [5, 5.41) is 3.36. The molecule has 0 spiro atoms. The molecule has 0 aliphatic carbocycles. The molecule has 23 heavy (non-hydrogen) atoms. The van der Waals surface area contributed by atoms with Crippen LogP contribution in [0.1, 0.15) is 23.1 Å². The standard InChI is InChI=1S/C17H24N4S2/c1-5-18-17(19-10-16-13(2)20-12-23-16)21(3)11-14-6-8-15(22-4)9-7-14/h6-9,12H,5,10-11H2,1-4H3,(H,18,19). The van der Waals surface area contributed by atoms with Gasteiger partial charge in [-0.15, -0.1) is 23.1 Å². The van der Waals surface area contributed by atoms with Crippen LogP contribution in [-0.2, 0) is 13.1 Å². The molecule has 0 aliphatic rings. The van der Waals surface area contributed by atoms with Gasteiger partial charge in [0.1, 0.15) is 0 Å². The summed E-state index contributed by atoms with van der Waals surface area (Å²) in [4.78, 5) is 13.7. The summed E-state index contributed by atoms with van der Waals surface area (Å²) in [5.74, 6) is 0.925. The van der Waals surface area contributed by atoms with Crippen molar-refractivity contribution in [3.05, 3.63) is 45.9 Å². The van der Waals surface area contributed by atoms with Gasteiger partial charge in [0, 0.05) is 29.9 Å². The number of aliphatic imine (C=N–C) groups is 1. The maximum Gasteiger partial charge on any atom is 0.194 e. The summed E-state index contributed by atoms with van der Waals surface area (Å²) in [7, 11) is 2.07. The average Bonchev–Trinajstić information content (AvgIpc) is 2.97. The molecule has 0 unspecified atom stereocenters. The van der Waals surface area contributed by atoms with E-state index in [9.17, 15) is 0 Å². The zero-order chi connectivity index (χ0) is 16.7. The lowest BCUT2D eigenvalue weighted by Gasteiger charge is -2.22. The molecule has 0 amide bonds. The van der Waals surface area contributed by atoms with E-state index in [0.29, 0.717) is 6.54 Å². The number of nitrogens with zero attached hydrogens (tertiary/aromatic N) is 3. The quantitative estimate of drug-likeness (QED) is 0.490. The smallest absolute Gasteiger partial charge is 0.194 e. The SMILES string of the molecule is CCNC(=NCc1scnc1C)N(C)Cc1ccc(SC)cc1. The molecule has 6 heteroatoms. The Balaban J connectivity index is 2.04. The zero-order valence-corrected chi connectivity index (χ0v) is 15.8. The number of benzene rings is 1. The van der Waals surface area contributed by atoms with Crippen molar-refractivity contribution in [1.29, 1.82) is 0 Å². The Morgan fingerprint density at radius 2 is 2.09 bits per heavy atom. The summed E-state index contributed by atoms with van der Waals surface area (Å²) in [6.07, 6.45) is 2.10. The molecule has 2 aromatic rings. The van der Waals surface area contributed by atoms with Gasteiger partial charge in [-0.2, -0.15) is 0 Å². The minimum atomic E-state index is 0.675. The number of rotatable bonds is 6. The van der Waals surface area contributed by atoms with Gasteiger partial charge < -0.3 is 10.2 Å². The third-order valence-corrected chi connectivity index (χ3v) is 5.16. The van der Waals surface area contributed by atoms with Crippen LogP contribution in [0.3, 0.4) is 0 Å². The second-order valence-corrected chi connectivity index (χ2v) is 7.05. The fraction of sp³-hybridized carbons (Fsp3) is 0.412. The highest BCUT2D eigenvalue weighted by Crippen LogP contribution is 2.16. The third kappa shape index (κ3) is 5.25. The predicted octanol–water partition coefficient (Wildman–Crippen LogP) is 3.77. The maximum atomic E-state index is 4.74. The van der Waals surface area contributed by atoms with Crippen molar-refractivity contribution in [2.24, 2.45) is 4.99 Å². The van der Waals surface area contributed by atoms with Crippen LogP contribution in [0, 0.1) is 6.92 Å². The van der Waals surface area contributed by atoms with Gasteiger partial charge in [0.05, 0.1) is 17.7 Å². The lowest BCUT2D eigenvalue weighted by Crippen LogP contribution is -2.38. The van der Waals surface area contributed by atoms with Crippen LogP contribution >= 0.6 is 23.1 Å². The fourth-order valence-electron chi connectivity index (χ4n) is 2.17. The molecule has 4 nitrogen and oxygen atoms in total. The molecular formula is C17H24N4S2. The van der Waals surface area contributed by atoms with Crippen LogP contribution in [0.25, 0.3) is 0 Å². The number of thioether (sulfide) groups is 1. The Labute approximate surface area is 147 Å². The molecule has 0 radical (unpaired) electrons. The van der Waals surface area contributed by atoms with Gasteiger partial charge in [-0.05, 0) is 37.8 Å². The van der Waals surface area contributed by atoms with Gasteiger partial charge >= 0.3 is 0 Å². The van der Waals surface area contributed by atoms with E-state index in [4.69, 9.17) is 4.99 Å². The van der Waals surface area contributed by atoms with Gasteiger partial charge in [0.2, 0.25) is 0 Å². The second kappa shape index (κ2) is 8.93. The van der Waals surface area contributed by atoms with Gasteiger partial charge in [0.25, 0.3) is 0 Å². The molecule has 1 aromatic carbocycles. The second-order valence-electron chi connectivity index (χ2n) is 5.24. The van der Waals surface area contributed by atoms with Crippen molar-refractivity contribution in [3.63, 3.8) is 0 Å². The number of thiazole rings is 1. The summed E-state index contributed by atoms with van der Waals surface area (Å²) in [6, 6.07) is 8.69. The third-order valence-electron chi connectivity index (χ3n) is 3.49. The number of aromatic nitrogens is 1. The first-order valence-electron chi connectivity index (χ1n) is 7.65. The van der Waals surface area contributed by atoms with E-state index in [0.717, 1.165) is 24.7 Å². The van der Waals surface area contributed by atoms with E-state index in [-0.39, 0.29) is 0 Å². The van der Waals surface area contributed by atoms with E-state index in [1.165, 1.54) is 15.3 Å². The Kier molecular flexibility index (Phi) is 6.92. The van der Waals surface area contributed by atoms with Crippen molar-refractivity contribution in [2.75, 3.05) is 19.8 Å². The molecule has 1 heterocycles. The van der Waals surface area contributed by atoms with Gasteiger partial charge in [-0.3, -0.25) is 0 Å². The van der Waals surface area contributed by atoms with E-state index in [2.05, 4.69) is 59.7 Å². The minimum absolute atomic E-state index is 0.675. The fourth-order valence-corrected chi connectivity index (χ4v) is 3.28. The van der Waals surface area contributed by atoms with Crippen LogP contribution in [0.2, 0.25) is 0 Å². The maximum absolute atomic E-state index is 4.74. The summed E-state index contributed by atoms with van der Waals surface area (Å²) in [5.41, 5.74) is 4.24. The molecule has 1 N–H and O–H groups in total. The lowest BCUT2D eigenvalue weighted by molar-refractivity contribution is 0.476. The average molecular weight is 349 g/mol. The van der Waals surface area contributed by atoms with Crippen molar-refractivity contribution in [1.82, 2.24) is 15.2 Å². The number of guanidine groups is 1. The minimum Gasteiger partial charge on any atom is -0.357 e. The number of nitrogens with one attached hydrogen (secondary N) is 1. The largest absolute Gasteiger partial charge is 0.357 e. The summed E-state index contributed by atoms with van der Waals surface area (Å²) >= 11 is 3.43. The van der Waals surface area contributed by atoms with Crippen LogP contribution in [0.15, 0.2) is 39.7 Å². The monoisotopic (exact) mass is 348 g/mol. The summed E-state index contributed by atoms with van der Waals surface area (Å²) in [6.45, 7) is 6.49. The Bertz CT molecular complexity index is 634. The Morgan fingerprint density at radius 3 is 2.65 bits per heavy atom. The first kappa shape index (κ1) is 17.8. The van der Waals surface area contributed by atoms with Crippen molar-refractivity contribution in [2.45, 2.75) is 31.8 Å². The molecule has 0 atom stereocenters. The number of hydrogen-bond donors (Lipinski definition) is 1. The topological polar surface area (TPSA) is 40.5 Å². The molecule has 2 rings (SSSR count). The van der Waals surface area contributed by atoms with Gasteiger partial charge in [0.15, 0.2) is 5.96 Å². The highest BCUT2D eigenvalue weighted by atomic mass is 32.2. The van der Waals surface area contributed by atoms with E-state index < -0.39 is 0 Å². The molecule has 0 aliphatic heterocycles. The number of aryl methyl sites for hydroxylation is 1. The molecule has 0 saturated carbocycles. The van der Waals surface area contributed by atoms with E-state index in [1.54, 1.807) is 23.1 Å². The molecule has 0 saturated heterocycles. The molecular weight excluding hydrogens is 324 g/mol. The van der Waals surface area contributed by atoms with Gasteiger partial charge in [-0.25, -0.2) is 9.98 Å². The lowest BCUT2D eigenvalue weighted by atomic mass is 10.2. The Hall–Kier alpha value is -1.53. The summed E-state index contributed by atoms with van der Waals surface area (Å²) < 4.78 is 0. The van der Waals surface area contributed by atoms with Crippen LogP contribution in [0.5, 0.6) is 0 Å². The first-order chi connectivity index (χ1) is 11.1. The Morgan fingerprint density at radius 1 is 1.35 bits per heavy atom. The van der Waals surface area contributed by atoms with Crippen LogP contribution in [-0.4, -0.2) is 35.7 Å². The van der Waals surface area contributed by atoms with Crippen molar-refractivity contribution < 1.29 is 0 Å². The zero-order valence-electron chi connectivity index (χ0n) is 14.2. The highest BCUT2D eigenvalue weighted by molar-refractivity contribution is 7.98. The normalized spacial score (nSPS) is 11.6. The van der Waals surface area contributed by atoms with Crippen LogP contribution in [0.4, 0.5) is 0 Å². The number of hydrogen-bond acceptors (Lipinski definition) is 4.